The number of hydrogen-bond acceptors (Lipinski definition) is 2. The predicted molar refractivity (Wildman–Crippen MR) is 58.2 cm³/mol. The monoisotopic (exact) mass is 194 g/mol. The van der Waals surface area contributed by atoms with Crippen LogP contribution in [-0.2, 0) is 0 Å². The minimum absolute atomic E-state index is 0.925. The van der Waals surface area contributed by atoms with Gasteiger partial charge < -0.3 is 0 Å². The molecule has 0 spiro atoms. The van der Waals surface area contributed by atoms with E-state index >= 15 is 0 Å². The number of benzene rings is 1. The molecule has 71 valence electrons. The predicted octanol–water partition coefficient (Wildman–Crippen LogP) is 2.43. The molecule has 1 radical (unpaired) electrons. The Bertz CT molecular complexity index is 584. The summed E-state index contributed by atoms with van der Waals surface area (Å²) in [5.41, 5.74) is 3.02. The molecule has 3 aromatic rings. The van der Waals surface area contributed by atoms with Crippen molar-refractivity contribution >= 4 is 10.9 Å². The lowest BCUT2D eigenvalue weighted by molar-refractivity contribution is 1.12. The molecule has 3 nitrogen and oxygen atoms in total. The average Bonchev–Trinajstić information content (AvgIpc) is 2.77. The van der Waals surface area contributed by atoms with Crippen molar-refractivity contribution in [1.29, 1.82) is 0 Å². The second-order valence-corrected chi connectivity index (χ2v) is 3.31. The fourth-order valence-corrected chi connectivity index (χ4v) is 1.58. The van der Waals surface area contributed by atoms with E-state index in [1.807, 2.05) is 30.5 Å². The van der Waals surface area contributed by atoms with Crippen LogP contribution in [0.4, 0.5) is 0 Å². The number of pyridine rings is 1. The third-order valence-corrected chi connectivity index (χ3v) is 2.34. The zero-order valence-corrected chi connectivity index (χ0v) is 7.94. The van der Waals surface area contributed by atoms with E-state index < -0.39 is 0 Å². The summed E-state index contributed by atoms with van der Waals surface area (Å²) < 4.78 is 0. The van der Waals surface area contributed by atoms with E-state index in [0.717, 1.165) is 22.2 Å². The van der Waals surface area contributed by atoms with E-state index in [9.17, 15) is 0 Å². The summed E-state index contributed by atoms with van der Waals surface area (Å²) in [5, 5.41) is 8.03. The van der Waals surface area contributed by atoms with Crippen molar-refractivity contribution in [3.05, 3.63) is 48.8 Å². The maximum absolute atomic E-state index is 4.27. The summed E-state index contributed by atoms with van der Waals surface area (Å²) in [5.74, 6) is 0. The number of H-pyrrole nitrogens is 1. The largest absolute Gasteiger partial charge is 0.278 e. The maximum atomic E-state index is 4.27. The van der Waals surface area contributed by atoms with Crippen LogP contribution in [0.5, 0.6) is 0 Å². The van der Waals surface area contributed by atoms with Crippen molar-refractivity contribution in [1.82, 2.24) is 15.2 Å². The van der Waals surface area contributed by atoms with Crippen LogP contribution in [0.15, 0.2) is 42.7 Å². The average molecular weight is 194 g/mol. The molecule has 1 N–H and O–H groups in total. The van der Waals surface area contributed by atoms with Gasteiger partial charge in [-0.1, -0.05) is 12.1 Å². The lowest BCUT2D eigenvalue weighted by Crippen LogP contribution is -1.81. The van der Waals surface area contributed by atoms with Crippen LogP contribution in [0, 0.1) is 6.07 Å². The molecule has 1 aromatic carbocycles. The van der Waals surface area contributed by atoms with Gasteiger partial charge in [0.15, 0.2) is 0 Å². The highest BCUT2D eigenvalue weighted by Gasteiger charge is 2.00. The summed E-state index contributed by atoms with van der Waals surface area (Å²) >= 11 is 0. The third-order valence-electron chi connectivity index (χ3n) is 2.34. The summed E-state index contributed by atoms with van der Waals surface area (Å²) in [4.78, 5) is 4.27. The molecule has 0 saturated heterocycles. The first-order chi connectivity index (χ1) is 7.43. The van der Waals surface area contributed by atoms with E-state index in [1.165, 1.54) is 0 Å². The number of fused-ring (bicyclic) bond motifs is 1. The quantitative estimate of drug-likeness (QED) is 0.646. The van der Waals surface area contributed by atoms with E-state index in [1.54, 1.807) is 12.3 Å². The van der Waals surface area contributed by atoms with Crippen molar-refractivity contribution in [3.63, 3.8) is 0 Å². The van der Waals surface area contributed by atoms with Crippen molar-refractivity contribution < 1.29 is 0 Å². The van der Waals surface area contributed by atoms with Gasteiger partial charge in [-0.2, -0.15) is 5.10 Å². The smallest absolute Gasteiger partial charge is 0.0708 e. The molecule has 0 unspecified atom stereocenters. The van der Waals surface area contributed by atoms with E-state index in [0.29, 0.717) is 0 Å². The number of aromatic nitrogens is 3. The SMILES string of the molecule is [c]1ccnc(-c2ccc3cn[nH]c3c2)c1. The van der Waals surface area contributed by atoms with Crippen LogP contribution in [0.2, 0.25) is 0 Å². The number of hydrogen-bond donors (Lipinski definition) is 1. The Kier molecular flexibility index (Phi) is 1.75. The standard InChI is InChI=1S/C12H8N3/c1-2-6-13-11(3-1)9-4-5-10-8-14-15-12(10)7-9/h2-8H,(H,14,15). The topological polar surface area (TPSA) is 41.6 Å². The van der Waals surface area contributed by atoms with Crippen molar-refractivity contribution in [3.8, 4) is 11.3 Å². The van der Waals surface area contributed by atoms with E-state index in [2.05, 4.69) is 21.2 Å². The van der Waals surface area contributed by atoms with Crippen LogP contribution in [0.1, 0.15) is 0 Å². The van der Waals surface area contributed by atoms with Gasteiger partial charge in [0.2, 0.25) is 0 Å². The zero-order valence-electron chi connectivity index (χ0n) is 7.94. The summed E-state index contributed by atoms with van der Waals surface area (Å²) in [7, 11) is 0. The van der Waals surface area contributed by atoms with E-state index in [4.69, 9.17) is 0 Å². The lowest BCUT2D eigenvalue weighted by Gasteiger charge is -1.99. The summed E-state index contributed by atoms with van der Waals surface area (Å²) in [6.07, 6.45) is 3.55. The minimum Gasteiger partial charge on any atom is -0.278 e. The maximum Gasteiger partial charge on any atom is 0.0708 e. The minimum atomic E-state index is 0.925. The molecule has 0 aliphatic rings. The number of nitrogens with one attached hydrogen (secondary N) is 1. The van der Waals surface area contributed by atoms with Crippen LogP contribution < -0.4 is 0 Å². The van der Waals surface area contributed by atoms with Gasteiger partial charge in [-0.05, 0) is 24.3 Å². The first-order valence-corrected chi connectivity index (χ1v) is 4.69. The highest BCUT2D eigenvalue weighted by atomic mass is 15.1. The van der Waals surface area contributed by atoms with Gasteiger partial charge in [0.25, 0.3) is 0 Å². The summed E-state index contributed by atoms with van der Waals surface area (Å²) in [6.45, 7) is 0. The second kappa shape index (κ2) is 3.20. The highest BCUT2D eigenvalue weighted by molar-refractivity contribution is 5.82. The highest BCUT2D eigenvalue weighted by Crippen LogP contribution is 2.20. The van der Waals surface area contributed by atoms with Gasteiger partial charge >= 0.3 is 0 Å². The number of nitrogens with zero attached hydrogens (tertiary/aromatic N) is 2. The molecule has 3 rings (SSSR count). The molecule has 0 aliphatic carbocycles. The molecule has 15 heavy (non-hydrogen) atoms. The molecule has 2 aromatic heterocycles. The molecule has 0 aliphatic heterocycles. The van der Waals surface area contributed by atoms with Crippen LogP contribution >= 0.6 is 0 Å². The zero-order chi connectivity index (χ0) is 10.1. The van der Waals surface area contributed by atoms with Gasteiger partial charge in [0.1, 0.15) is 0 Å². The normalized spacial score (nSPS) is 10.7. The Morgan fingerprint density at radius 2 is 2.27 bits per heavy atom. The number of aromatic amines is 1. The first kappa shape index (κ1) is 8.17. The van der Waals surface area contributed by atoms with Crippen LogP contribution in [0.25, 0.3) is 22.2 Å². The van der Waals surface area contributed by atoms with Crippen molar-refractivity contribution in [2.24, 2.45) is 0 Å². The summed E-state index contributed by atoms with van der Waals surface area (Å²) in [6, 6.07) is 12.8. The van der Waals surface area contributed by atoms with Gasteiger partial charge in [-0.3, -0.25) is 10.1 Å². The molecule has 0 atom stereocenters. The Balaban J connectivity index is 2.19. The van der Waals surface area contributed by atoms with Crippen LogP contribution in [0.3, 0.4) is 0 Å². The molecule has 0 bridgehead atoms. The molecule has 0 amide bonds. The van der Waals surface area contributed by atoms with Gasteiger partial charge in [-0.15, -0.1) is 0 Å². The Morgan fingerprint density at radius 1 is 1.27 bits per heavy atom. The van der Waals surface area contributed by atoms with Crippen molar-refractivity contribution in [2.75, 3.05) is 0 Å². The molecule has 3 heteroatoms. The Hall–Kier alpha value is -2.16. The van der Waals surface area contributed by atoms with Gasteiger partial charge in [-0.25, -0.2) is 0 Å². The van der Waals surface area contributed by atoms with Crippen molar-refractivity contribution in [2.45, 2.75) is 0 Å². The number of rotatable bonds is 1. The fourth-order valence-electron chi connectivity index (χ4n) is 1.58. The Labute approximate surface area is 86.8 Å². The van der Waals surface area contributed by atoms with E-state index in [-0.39, 0.29) is 0 Å². The Morgan fingerprint density at radius 3 is 3.13 bits per heavy atom. The lowest BCUT2D eigenvalue weighted by atomic mass is 10.1. The molecular weight excluding hydrogens is 186 g/mol. The molecule has 0 fully saturated rings. The third kappa shape index (κ3) is 1.38. The van der Waals surface area contributed by atoms with Crippen LogP contribution in [-0.4, -0.2) is 15.2 Å². The molecular formula is C12H8N3. The molecule has 2 heterocycles. The first-order valence-electron chi connectivity index (χ1n) is 4.69. The fraction of sp³-hybridized carbons (Fsp3) is 0. The van der Waals surface area contributed by atoms with Gasteiger partial charge in [0.05, 0.1) is 17.4 Å². The molecule has 0 saturated carbocycles. The van der Waals surface area contributed by atoms with Gasteiger partial charge in [0, 0.05) is 17.1 Å². The second-order valence-electron chi connectivity index (χ2n) is 3.31.